The van der Waals surface area contributed by atoms with Gasteiger partial charge in [-0.3, -0.25) is 4.39 Å². The van der Waals surface area contributed by atoms with Crippen LogP contribution in [-0.2, 0) is 0 Å². The van der Waals surface area contributed by atoms with E-state index >= 15 is 0 Å². The van der Waals surface area contributed by atoms with Gasteiger partial charge in [0.2, 0.25) is 0 Å². The molecule has 3 atom stereocenters. The van der Waals surface area contributed by atoms with Gasteiger partial charge in [-0.25, -0.2) is 0 Å². The lowest BCUT2D eigenvalue weighted by Gasteiger charge is -2.28. The van der Waals surface area contributed by atoms with E-state index in [9.17, 15) is 4.39 Å². The van der Waals surface area contributed by atoms with Gasteiger partial charge in [-0.15, -0.1) is 0 Å². The first-order valence-electron chi connectivity index (χ1n) is 5.30. The molecule has 0 aromatic heterocycles. The summed E-state index contributed by atoms with van der Waals surface area (Å²) in [5, 5.41) is 6.14. The van der Waals surface area contributed by atoms with Crippen molar-refractivity contribution in [3.8, 4) is 0 Å². The zero-order valence-electron chi connectivity index (χ0n) is 9.52. The van der Waals surface area contributed by atoms with Gasteiger partial charge >= 0.3 is 0 Å². The van der Waals surface area contributed by atoms with Gasteiger partial charge < -0.3 is 16.4 Å². The Kier molecular flexibility index (Phi) is 8.04. The van der Waals surface area contributed by atoms with Gasteiger partial charge in [0.15, 0.2) is 0 Å². The largest absolute Gasteiger partial charge is 0.320 e. The van der Waals surface area contributed by atoms with Gasteiger partial charge in [0, 0.05) is 0 Å². The van der Waals surface area contributed by atoms with Crippen LogP contribution in [0.15, 0.2) is 0 Å². The first-order chi connectivity index (χ1) is 6.67. The number of nitrogens with two attached hydrogens (primary N) is 1. The molecule has 0 saturated heterocycles. The van der Waals surface area contributed by atoms with Crippen LogP contribution in [0.5, 0.6) is 0 Å². The minimum Gasteiger partial charge on any atom is -0.320 e. The number of alkyl halides is 1. The topological polar surface area (TPSA) is 50.1 Å². The Labute approximate surface area is 86.6 Å². The molecule has 4 heteroatoms. The van der Waals surface area contributed by atoms with Crippen molar-refractivity contribution < 1.29 is 4.39 Å². The zero-order valence-corrected chi connectivity index (χ0v) is 9.52. The van der Waals surface area contributed by atoms with Gasteiger partial charge in [0.1, 0.15) is 0 Å². The molecule has 0 heterocycles. The second-order valence-electron chi connectivity index (χ2n) is 3.83. The van der Waals surface area contributed by atoms with E-state index in [4.69, 9.17) is 5.73 Å². The Morgan fingerprint density at radius 2 is 1.93 bits per heavy atom. The normalized spacial score (nSPS) is 17.8. The smallest absolute Gasteiger partial charge is 0.0897 e. The molecular weight excluding hydrogens is 181 g/mol. The molecule has 0 rings (SSSR count). The van der Waals surface area contributed by atoms with E-state index in [1.165, 1.54) is 0 Å². The van der Waals surface area contributed by atoms with Crippen LogP contribution in [0, 0.1) is 11.8 Å². The Morgan fingerprint density at radius 1 is 1.29 bits per heavy atom. The standard InChI is InChI=1S/C10H24FN3/c1-8(4-6-11)9(5-7-13-2)10(12)14-3/h8-10,13-14H,4-7,12H2,1-3H3/t8?,9?,10-/m0/s1. The summed E-state index contributed by atoms with van der Waals surface area (Å²) in [7, 11) is 3.76. The van der Waals surface area contributed by atoms with Crippen molar-refractivity contribution in [3.63, 3.8) is 0 Å². The van der Waals surface area contributed by atoms with E-state index in [0.29, 0.717) is 18.3 Å². The second-order valence-corrected chi connectivity index (χ2v) is 3.83. The van der Waals surface area contributed by atoms with Gasteiger partial charge in [-0.1, -0.05) is 6.92 Å². The average Bonchev–Trinajstić information content (AvgIpc) is 2.18. The van der Waals surface area contributed by atoms with Crippen molar-refractivity contribution >= 4 is 0 Å². The molecule has 0 radical (unpaired) electrons. The van der Waals surface area contributed by atoms with Crippen LogP contribution >= 0.6 is 0 Å². The number of halogens is 1. The lowest BCUT2D eigenvalue weighted by Crippen LogP contribution is -2.45. The predicted molar refractivity (Wildman–Crippen MR) is 58.8 cm³/mol. The number of hydrogen-bond acceptors (Lipinski definition) is 3. The summed E-state index contributed by atoms with van der Waals surface area (Å²) in [6.45, 7) is 2.74. The van der Waals surface area contributed by atoms with Crippen LogP contribution in [0.3, 0.4) is 0 Å². The van der Waals surface area contributed by atoms with Crippen LogP contribution in [0.25, 0.3) is 0 Å². The van der Waals surface area contributed by atoms with Crippen LogP contribution < -0.4 is 16.4 Å². The van der Waals surface area contributed by atoms with Gasteiger partial charge in [0.25, 0.3) is 0 Å². The van der Waals surface area contributed by atoms with Crippen molar-refractivity contribution in [3.05, 3.63) is 0 Å². The van der Waals surface area contributed by atoms with Crippen molar-refractivity contribution in [1.82, 2.24) is 10.6 Å². The number of rotatable bonds is 8. The van der Waals surface area contributed by atoms with Crippen molar-refractivity contribution in [1.29, 1.82) is 0 Å². The molecule has 0 saturated carbocycles. The highest BCUT2D eigenvalue weighted by atomic mass is 19.1. The SMILES string of the molecule is CNCCC(C(C)CCF)[C@@H](N)NC. The molecule has 4 N–H and O–H groups in total. The molecule has 2 unspecified atom stereocenters. The fourth-order valence-corrected chi connectivity index (χ4v) is 1.73. The third-order valence-electron chi connectivity index (χ3n) is 2.82. The number of nitrogens with one attached hydrogen (secondary N) is 2. The molecule has 0 amide bonds. The Bertz CT molecular complexity index is 133. The second kappa shape index (κ2) is 8.15. The fraction of sp³-hybridized carbons (Fsp3) is 1.00. The molecule has 0 aromatic rings. The first kappa shape index (κ1) is 13.8. The maximum atomic E-state index is 12.2. The van der Waals surface area contributed by atoms with Crippen molar-refractivity contribution in [2.24, 2.45) is 17.6 Å². The summed E-state index contributed by atoms with van der Waals surface area (Å²) < 4.78 is 12.2. The zero-order chi connectivity index (χ0) is 11.0. The molecule has 0 aromatic carbocycles. The maximum absolute atomic E-state index is 12.2. The van der Waals surface area contributed by atoms with E-state index in [1.807, 2.05) is 14.1 Å². The van der Waals surface area contributed by atoms with E-state index in [-0.39, 0.29) is 12.8 Å². The molecule has 14 heavy (non-hydrogen) atoms. The first-order valence-corrected chi connectivity index (χ1v) is 5.30. The summed E-state index contributed by atoms with van der Waals surface area (Å²) in [6.07, 6.45) is 1.55. The fourth-order valence-electron chi connectivity index (χ4n) is 1.73. The van der Waals surface area contributed by atoms with Gasteiger partial charge in [-0.2, -0.15) is 0 Å². The molecule has 0 aliphatic rings. The molecule has 0 aliphatic heterocycles. The lowest BCUT2D eigenvalue weighted by atomic mass is 9.86. The highest BCUT2D eigenvalue weighted by Gasteiger charge is 2.22. The summed E-state index contributed by atoms with van der Waals surface area (Å²) in [4.78, 5) is 0. The van der Waals surface area contributed by atoms with E-state index in [1.54, 1.807) is 0 Å². The summed E-state index contributed by atoms with van der Waals surface area (Å²) in [5.41, 5.74) is 5.93. The summed E-state index contributed by atoms with van der Waals surface area (Å²) in [5.74, 6) is 0.666. The minimum atomic E-state index is -0.256. The lowest BCUT2D eigenvalue weighted by molar-refractivity contribution is 0.231. The van der Waals surface area contributed by atoms with E-state index < -0.39 is 0 Å². The van der Waals surface area contributed by atoms with E-state index in [0.717, 1.165) is 13.0 Å². The molecule has 0 aliphatic carbocycles. The van der Waals surface area contributed by atoms with Crippen molar-refractivity contribution in [2.75, 3.05) is 27.3 Å². The molecular formula is C10H24FN3. The quantitative estimate of drug-likeness (QED) is 0.512. The van der Waals surface area contributed by atoms with Crippen LogP contribution in [0.1, 0.15) is 19.8 Å². The molecule has 0 spiro atoms. The van der Waals surface area contributed by atoms with Crippen LogP contribution in [0.4, 0.5) is 4.39 Å². The van der Waals surface area contributed by atoms with Crippen LogP contribution in [-0.4, -0.2) is 33.5 Å². The summed E-state index contributed by atoms with van der Waals surface area (Å²) in [6, 6.07) is 0. The molecule has 3 nitrogen and oxygen atoms in total. The average molecular weight is 205 g/mol. The molecule has 0 bridgehead atoms. The van der Waals surface area contributed by atoms with Gasteiger partial charge in [-0.05, 0) is 45.3 Å². The third-order valence-corrected chi connectivity index (χ3v) is 2.82. The molecule has 86 valence electrons. The monoisotopic (exact) mass is 205 g/mol. The Morgan fingerprint density at radius 3 is 2.36 bits per heavy atom. The number of hydrogen-bond donors (Lipinski definition) is 3. The Balaban J connectivity index is 4.07. The Hall–Kier alpha value is -0.190. The third kappa shape index (κ3) is 4.88. The van der Waals surface area contributed by atoms with Gasteiger partial charge in [0.05, 0.1) is 12.8 Å². The highest BCUT2D eigenvalue weighted by molar-refractivity contribution is 4.75. The highest BCUT2D eigenvalue weighted by Crippen LogP contribution is 2.20. The van der Waals surface area contributed by atoms with E-state index in [2.05, 4.69) is 17.6 Å². The predicted octanol–water partition coefficient (Wildman–Crippen LogP) is 0.712. The van der Waals surface area contributed by atoms with Crippen LogP contribution in [0.2, 0.25) is 0 Å². The maximum Gasteiger partial charge on any atom is 0.0897 e. The minimum absolute atomic E-state index is 0.0371. The molecule has 0 fully saturated rings. The summed E-state index contributed by atoms with van der Waals surface area (Å²) >= 11 is 0. The van der Waals surface area contributed by atoms with Crippen molar-refractivity contribution in [2.45, 2.75) is 25.9 Å².